The van der Waals surface area contributed by atoms with Gasteiger partial charge in [0.1, 0.15) is 0 Å². The van der Waals surface area contributed by atoms with Crippen LogP contribution < -0.4 is 5.56 Å². The number of nitrogens with zero attached hydrogens (tertiary/aromatic N) is 1. The molecule has 0 fully saturated rings. The second-order valence-corrected chi connectivity index (χ2v) is 6.51. The Morgan fingerprint density at radius 3 is 2.65 bits per heavy atom. The molecule has 122 valence electrons. The van der Waals surface area contributed by atoms with Crippen LogP contribution in [0.5, 0.6) is 0 Å². The van der Waals surface area contributed by atoms with E-state index in [1.54, 1.807) is 0 Å². The molecule has 2 aromatic rings. The van der Waals surface area contributed by atoms with E-state index in [0.717, 1.165) is 47.8 Å². The van der Waals surface area contributed by atoms with E-state index in [4.69, 9.17) is 0 Å². The number of rotatable bonds is 3. The molecular weight excluding hydrogens is 288 g/mol. The quantitative estimate of drug-likeness (QED) is 0.946. The molecule has 3 rings (SSSR count). The molecule has 0 radical (unpaired) electrons. The molecule has 0 saturated carbocycles. The highest BCUT2D eigenvalue weighted by atomic mass is 16.2. The van der Waals surface area contributed by atoms with Crippen molar-refractivity contribution in [1.29, 1.82) is 0 Å². The van der Waals surface area contributed by atoms with E-state index in [9.17, 15) is 9.59 Å². The molecule has 1 amide bonds. The molecule has 0 spiro atoms. The molecule has 4 nitrogen and oxygen atoms in total. The van der Waals surface area contributed by atoms with Gasteiger partial charge >= 0.3 is 0 Å². The number of carbonyl (C=O) groups excluding carboxylic acids is 1. The largest absolute Gasteiger partial charge is 0.338 e. The first kappa shape index (κ1) is 15.8. The lowest BCUT2D eigenvalue weighted by Gasteiger charge is -2.31. The molecule has 1 aliphatic heterocycles. The number of hydrogen-bond donors (Lipinski definition) is 1. The van der Waals surface area contributed by atoms with Gasteiger partial charge in [-0.1, -0.05) is 13.8 Å². The smallest absolute Gasteiger partial charge is 0.251 e. The molecule has 0 bridgehead atoms. The number of H-pyrrole nitrogens is 1. The third-order valence-electron chi connectivity index (χ3n) is 5.01. The van der Waals surface area contributed by atoms with Crippen molar-refractivity contribution >= 4 is 16.8 Å². The average Bonchev–Trinajstić information content (AvgIpc) is 2.55. The Labute approximate surface area is 136 Å². The summed E-state index contributed by atoms with van der Waals surface area (Å²) in [6.45, 7) is 7.41. The number of amides is 1. The number of carbonyl (C=O) groups is 1. The van der Waals surface area contributed by atoms with Gasteiger partial charge in [0.05, 0.1) is 0 Å². The van der Waals surface area contributed by atoms with Crippen LogP contribution in [0, 0.1) is 12.8 Å². The van der Waals surface area contributed by atoms with E-state index in [1.807, 2.05) is 24.0 Å². The van der Waals surface area contributed by atoms with Gasteiger partial charge in [0, 0.05) is 30.1 Å². The normalized spacial score (nSPS) is 14.3. The van der Waals surface area contributed by atoms with E-state index in [-0.39, 0.29) is 17.4 Å². The van der Waals surface area contributed by atoms with Crippen molar-refractivity contribution in [2.75, 3.05) is 6.54 Å². The SMILES string of the molecule is CCC(CC)C(=O)N1CCc2cc3cc(C)c(=O)[nH]c3cc2C1. The zero-order valence-corrected chi connectivity index (χ0v) is 14.1. The number of pyridine rings is 1. The minimum absolute atomic E-state index is 0.0433. The fourth-order valence-corrected chi connectivity index (χ4v) is 3.46. The van der Waals surface area contributed by atoms with E-state index < -0.39 is 0 Å². The van der Waals surface area contributed by atoms with Crippen LogP contribution in [0.3, 0.4) is 0 Å². The number of benzene rings is 1. The Hall–Kier alpha value is -2.10. The van der Waals surface area contributed by atoms with Crippen molar-refractivity contribution in [1.82, 2.24) is 9.88 Å². The van der Waals surface area contributed by atoms with Crippen LogP contribution in [0.2, 0.25) is 0 Å². The van der Waals surface area contributed by atoms with Gasteiger partial charge in [0.15, 0.2) is 0 Å². The van der Waals surface area contributed by atoms with Gasteiger partial charge in [-0.05, 0) is 60.9 Å². The van der Waals surface area contributed by atoms with E-state index >= 15 is 0 Å². The third kappa shape index (κ3) is 2.90. The third-order valence-corrected chi connectivity index (χ3v) is 5.01. The van der Waals surface area contributed by atoms with Gasteiger partial charge in [0.2, 0.25) is 5.91 Å². The molecule has 0 saturated heterocycles. The van der Waals surface area contributed by atoms with Gasteiger partial charge in [-0.2, -0.15) is 0 Å². The number of nitrogens with one attached hydrogen (secondary N) is 1. The first-order valence-corrected chi connectivity index (χ1v) is 8.47. The zero-order chi connectivity index (χ0) is 16.6. The lowest BCUT2D eigenvalue weighted by Crippen LogP contribution is -2.39. The summed E-state index contributed by atoms with van der Waals surface area (Å²) in [7, 11) is 0. The predicted octanol–water partition coefficient (Wildman–Crippen LogP) is 3.16. The summed E-state index contributed by atoms with van der Waals surface area (Å²) in [5.41, 5.74) is 3.99. The second-order valence-electron chi connectivity index (χ2n) is 6.51. The maximum Gasteiger partial charge on any atom is 0.251 e. The lowest BCUT2D eigenvalue weighted by atomic mass is 9.94. The van der Waals surface area contributed by atoms with E-state index in [1.165, 1.54) is 5.56 Å². The van der Waals surface area contributed by atoms with Crippen LogP contribution in [0.25, 0.3) is 10.9 Å². The molecule has 0 aliphatic carbocycles. The number of aryl methyl sites for hydroxylation is 1. The summed E-state index contributed by atoms with van der Waals surface area (Å²) in [5.74, 6) is 0.387. The number of hydrogen-bond acceptors (Lipinski definition) is 2. The summed E-state index contributed by atoms with van der Waals surface area (Å²) >= 11 is 0. The number of fused-ring (bicyclic) bond motifs is 2. The van der Waals surface area contributed by atoms with Crippen LogP contribution >= 0.6 is 0 Å². The van der Waals surface area contributed by atoms with Crippen molar-refractivity contribution in [2.24, 2.45) is 5.92 Å². The lowest BCUT2D eigenvalue weighted by molar-refractivity contribution is -0.136. The summed E-state index contributed by atoms with van der Waals surface area (Å²) < 4.78 is 0. The van der Waals surface area contributed by atoms with E-state index in [2.05, 4.69) is 24.9 Å². The highest BCUT2D eigenvalue weighted by Crippen LogP contribution is 2.26. The second kappa shape index (κ2) is 6.19. The van der Waals surface area contributed by atoms with Crippen molar-refractivity contribution < 1.29 is 4.79 Å². The van der Waals surface area contributed by atoms with Crippen molar-refractivity contribution in [3.8, 4) is 0 Å². The van der Waals surface area contributed by atoms with Crippen LogP contribution in [0.15, 0.2) is 23.0 Å². The fourth-order valence-electron chi connectivity index (χ4n) is 3.46. The zero-order valence-electron chi connectivity index (χ0n) is 14.1. The molecule has 1 aromatic heterocycles. The van der Waals surface area contributed by atoms with E-state index in [0.29, 0.717) is 6.54 Å². The number of aromatic amines is 1. The average molecular weight is 312 g/mol. The van der Waals surface area contributed by atoms with Gasteiger partial charge in [-0.25, -0.2) is 0 Å². The fraction of sp³-hybridized carbons (Fsp3) is 0.474. The molecule has 23 heavy (non-hydrogen) atoms. The Kier molecular flexibility index (Phi) is 4.24. The van der Waals surface area contributed by atoms with Gasteiger partial charge in [0.25, 0.3) is 5.56 Å². The van der Waals surface area contributed by atoms with Crippen LogP contribution in [0.1, 0.15) is 43.4 Å². The summed E-state index contributed by atoms with van der Waals surface area (Å²) in [6, 6.07) is 6.14. The Balaban J connectivity index is 1.94. The molecule has 1 aromatic carbocycles. The number of aromatic nitrogens is 1. The summed E-state index contributed by atoms with van der Waals surface area (Å²) in [6.07, 6.45) is 2.67. The van der Waals surface area contributed by atoms with Crippen molar-refractivity contribution in [3.63, 3.8) is 0 Å². The van der Waals surface area contributed by atoms with Gasteiger partial charge in [-0.3, -0.25) is 9.59 Å². The molecule has 0 atom stereocenters. The molecule has 1 aliphatic rings. The highest BCUT2D eigenvalue weighted by molar-refractivity contribution is 5.82. The summed E-state index contributed by atoms with van der Waals surface area (Å²) in [4.78, 5) is 29.3. The summed E-state index contributed by atoms with van der Waals surface area (Å²) in [5, 5.41) is 1.07. The topological polar surface area (TPSA) is 53.2 Å². The van der Waals surface area contributed by atoms with Crippen LogP contribution in [0.4, 0.5) is 0 Å². The molecular formula is C19H24N2O2. The minimum atomic E-state index is -0.0433. The molecule has 0 unspecified atom stereocenters. The molecule has 2 heterocycles. The maximum absolute atomic E-state index is 12.6. The predicted molar refractivity (Wildman–Crippen MR) is 92.5 cm³/mol. The Morgan fingerprint density at radius 2 is 1.96 bits per heavy atom. The standard InChI is InChI=1S/C19H24N2O2/c1-4-13(5-2)19(23)21-7-6-14-9-15-8-12(3)18(22)20-17(15)10-16(14)11-21/h8-10,13H,4-7,11H2,1-3H3,(H,20,22). The highest BCUT2D eigenvalue weighted by Gasteiger charge is 2.25. The van der Waals surface area contributed by atoms with Crippen molar-refractivity contribution in [3.05, 3.63) is 45.2 Å². The first-order chi connectivity index (χ1) is 11.0. The first-order valence-electron chi connectivity index (χ1n) is 8.47. The molecule has 4 heteroatoms. The Bertz CT molecular complexity index is 803. The minimum Gasteiger partial charge on any atom is -0.338 e. The van der Waals surface area contributed by atoms with Gasteiger partial charge < -0.3 is 9.88 Å². The Morgan fingerprint density at radius 1 is 1.22 bits per heavy atom. The van der Waals surface area contributed by atoms with Crippen LogP contribution in [-0.2, 0) is 17.8 Å². The van der Waals surface area contributed by atoms with Crippen molar-refractivity contribution in [2.45, 2.75) is 46.6 Å². The van der Waals surface area contributed by atoms with Gasteiger partial charge in [-0.15, -0.1) is 0 Å². The molecule has 1 N–H and O–H groups in total. The maximum atomic E-state index is 12.6. The van der Waals surface area contributed by atoms with Crippen LogP contribution in [-0.4, -0.2) is 22.3 Å². The monoisotopic (exact) mass is 312 g/mol.